The van der Waals surface area contributed by atoms with Crippen LogP contribution in [-0.2, 0) is 9.53 Å². The van der Waals surface area contributed by atoms with Crippen LogP contribution in [0.25, 0.3) is 0 Å². The fourth-order valence-corrected chi connectivity index (χ4v) is 2.75. The third kappa shape index (κ3) is 2.27. The van der Waals surface area contributed by atoms with Crippen LogP contribution in [0, 0.1) is 0 Å². The van der Waals surface area contributed by atoms with Gasteiger partial charge in [-0.3, -0.25) is 4.79 Å². The van der Waals surface area contributed by atoms with E-state index in [0.29, 0.717) is 6.42 Å². The van der Waals surface area contributed by atoms with Crippen LogP contribution in [0.3, 0.4) is 0 Å². The van der Waals surface area contributed by atoms with Gasteiger partial charge in [-0.25, -0.2) is 0 Å². The van der Waals surface area contributed by atoms with Crippen molar-refractivity contribution in [3.05, 3.63) is 11.0 Å². The maximum atomic E-state index is 10.7. The van der Waals surface area contributed by atoms with Gasteiger partial charge in [-0.1, -0.05) is 21.6 Å². The number of ether oxygens (including phenoxy) is 1. The summed E-state index contributed by atoms with van der Waals surface area (Å²) in [6.07, 6.45) is 0.455. The van der Waals surface area contributed by atoms with Gasteiger partial charge in [0.05, 0.1) is 13.5 Å². The summed E-state index contributed by atoms with van der Waals surface area (Å²) in [5.41, 5.74) is 1.17. The Morgan fingerprint density at radius 3 is 3.20 bits per heavy atom. The number of esters is 1. The van der Waals surface area contributed by atoms with E-state index in [1.54, 1.807) is 21.6 Å². The van der Waals surface area contributed by atoms with Gasteiger partial charge in [0, 0.05) is 5.75 Å². The van der Waals surface area contributed by atoms with Crippen molar-refractivity contribution in [1.29, 1.82) is 0 Å². The van der Waals surface area contributed by atoms with Crippen molar-refractivity contribution < 1.29 is 9.53 Å². The summed E-state index contributed by atoms with van der Waals surface area (Å²) in [7, 11) is 4.85. The Morgan fingerprint density at radius 1 is 1.90 bits per heavy atom. The average molecular weight is 176 g/mol. The van der Waals surface area contributed by atoms with Crippen LogP contribution in [0.4, 0.5) is 0 Å². The number of carbonyl (C=O) groups is 1. The van der Waals surface area contributed by atoms with Crippen molar-refractivity contribution in [2.45, 2.75) is 6.42 Å². The Kier molecular flexibility index (Phi) is 3.15. The van der Waals surface area contributed by atoms with Crippen molar-refractivity contribution in [2.75, 3.05) is 12.9 Å². The maximum absolute atomic E-state index is 10.7. The second-order valence-corrected chi connectivity index (χ2v) is 4.12. The van der Waals surface area contributed by atoms with Gasteiger partial charge in [-0.05, 0) is 11.0 Å². The van der Waals surface area contributed by atoms with E-state index in [1.165, 1.54) is 12.7 Å². The van der Waals surface area contributed by atoms with E-state index in [2.05, 4.69) is 4.74 Å². The fraction of sp³-hybridized carbons (Fsp3) is 0.500. The zero-order valence-corrected chi connectivity index (χ0v) is 7.26. The SMILES string of the molecule is COC(=O)CC1=CSSC1. The van der Waals surface area contributed by atoms with E-state index in [0.717, 1.165) is 5.75 Å². The molecular weight excluding hydrogens is 168 g/mol. The highest BCUT2D eigenvalue weighted by atomic mass is 33.1. The first-order valence-electron chi connectivity index (χ1n) is 2.86. The standard InChI is InChI=1S/C6H8O2S2/c1-8-6(7)2-5-3-9-10-4-5/h3H,2,4H2,1H3. The molecule has 0 unspecified atom stereocenters. The summed E-state index contributed by atoms with van der Waals surface area (Å²) in [5, 5.41) is 2.02. The van der Waals surface area contributed by atoms with E-state index in [1.807, 2.05) is 5.41 Å². The van der Waals surface area contributed by atoms with Gasteiger partial charge in [0.2, 0.25) is 0 Å². The molecule has 1 aliphatic rings. The van der Waals surface area contributed by atoms with Crippen LogP contribution in [0.5, 0.6) is 0 Å². The van der Waals surface area contributed by atoms with Crippen LogP contribution >= 0.6 is 21.6 Å². The quantitative estimate of drug-likeness (QED) is 0.473. The predicted molar refractivity (Wildman–Crippen MR) is 44.8 cm³/mol. The molecule has 56 valence electrons. The molecule has 0 N–H and O–H groups in total. The summed E-state index contributed by atoms with van der Waals surface area (Å²) >= 11 is 0. The van der Waals surface area contributed by atoms with E-state index in [9.17, 15) is 4.79 Å². The van der Waals surface area contributed by atoms with Crippen molar-refractivity contribution in [3.8, 4) is 0 Å². The minimum atomic E-state index is -0.144. The summed E-state index contributed by atoms with van der Waals surface area (Å²) < 4.78 is 4.51. The van der Waals surface area contributed by atoms with E-state index >= 15 is 0 Å². The van der Waals surface area contributed by atoms with Gasteiger partial charge in [-0.15, -0.1) is 0 Å². The van der Waals surface area contributed by atoms with Crippen LogP contribution in [0.2, 0.25) is 0 Å². The summed E-state index contributed by atoms with van der Waals surface area (Å²) in [6.45, 7) is 0. The Balaban J connectivity index is 2.30. The molecule has 0 radical (unpaired) electrons. The van der Waals surface area contributed by atoms with Crippen LogP contribution in [-0.4, -0.2) is 18.8 Å². The second-order valence-electron chi connectivity index (χ2n) is 1.89. The fourth-order valence-electron chi connectivity index (χ4n) is 0.596. The molecule has 2 nitrogen and oxygen atoms in total. The number of methoxy groups -OCH3 is 1. The molecule has 0 aromatic heterocycles. The summed E-state index contributed by atoms with van der Waals surface area (Å²) in [4.78, 5) is 10.7. The van der Waals surface area contributed by atoms with Crippen LogP contribution < -0.4 is 0 Å². The third-order valence-electron chi connectivity index (χ3n) is 1.13. The van der Waals surface area contributed by atoms with Crippen molar-refractivity contribution >= 4 is 27.6 Å². The van der Waals surface area contributed by atoms with Gasteiger partial charge in [0.1, 0.15) is 0 Å². The van der Waals surface area contributed by atoms with Gasteiger partial charge in [0.15, 0.2) is 0 Å². The topological polar surface area (TPSA) is 26.3 Å². The number of hydrogen-bond acceptors (Lipinski definition) is 4. The molecule has 0 aliphatic carbocycles. The zero-order chi connectivity index (χ0) is 7.40. The van der Waals surface area contributed by atoms with Crippen LogP contribution in [0.1, 0.15) is 6.42 Å². The molecule has 0 aromatic carbocycles. The molecule has 10 heavy (non-hydrogen) atoms. The smallest absolute Gasteiger partial charge is 0.309 e. The maximum Gasteiger partial charge on any atom is 0.309 e. The number of rotatable bonds is 2. The zero-order valence-electron chi connectivity index (χ0n) is 5.62. The first kappa shape index (κ1) is 8.01. The van der Waals surface area contributed by atoms with E-state index < -0.39 is 0 Å². The monoisotopic (exact) mass is 176 g/mol. The molecule has 1 aliphatic heterocycles. The normalized spacial score (nSPS) is 16.7. The van der Waals surface area contributed by atoms with Gasteiger partial charge in [-0.2, -0.15) is 0 Å². The third-order valence-corrected chi connectivity index (χ3v) is 3.23. The number of hydrogen-bond donors (Lipinski definition) is 0. The van der Waals surface area contributed by atoms with Crippen LogP contribution in [0.15, 0.2) is 11.0 Å². The Morgan fingerprint density at radius 2 is 2.70 bits per heavy atom. The highest BCUT2D eigenvalue weighted by Gasteiger charge is 2.09. The van der Waals surface area contributed by atoms with Gasteiger partial charge in [0.25, 0.3) is 0 Å². The Bertz CT molecular complexity index is 165. The lowest BCUT2D eigenvalue weighted by atomic mass is 10.2. The van der Waals surface area contributed by atoms with E-state index in [4.69, 9.17) is 0 Å². The van der Waals surface area contributed by atoms with Crippen molar-refractivity contribution in [2.24, 2.45) is 0 Å². The summed E-state index contributed by atoms with van der Waals surface area (Å²) in [6, 6.07) is 0. The first-order valence-corrected chi connectivity index (χ1v) is 5.24. The van der Waals surface area contributed by atoms with Gasteiger partial charge < -0.3 is 4.74 Å². The molecule has 0 atom stereocenters. The largest absolute Gasteiger partial charge is 0.469 e. The second kappa shape index (κ2) is 3.93. The van der Waals surface area contributed by atoms with Crippen molar-refractivity contribution in [1.82, 2.24) is 0 Å². The molecule has 0 saturated heterocycles. The Hall–Kier alpha value is -0.0900. The molecule has 0 fully saturated rings. The predicted octanol–water partition coefficient (Wildman–Crippen LogP) is 1.83. The molecule has 0 saturated carbocycles. The highest BCUT2D eigenvalue weighted by Crippen LogP contribution is 2.34. The van der Waals surface area contributed by atoms with E-state index in [-0.39, 0.29) is 5.97 Å². The van der Waals surface area contributed by atoms with Crippen molar-refractivity contribution in [3.63, 3.8) is 0 Å². The summed E-state index contributed by atoms with van der Waals surface area (Å²) in [5.74, 6) is 0.814. The molecule has 1 rings (SSSR count). The number of carbonyl (C=O) groups excluding carboxylic acids is 1. The molecule has 0 amide bonds. The lowest BCUT2D eigenvalue weighted by molar-refractivity contribution is -0.139. The highest BCUT2D eigenvalue weighted by molar-refractivity contribution is 8.78. The molecule has 0 spiro atoms. The molecular formula is C6H8O2S2. The first-order chi connectivity index (χ1) is 4.83. The minimum Gasteiger partial charge on any atom is -0.469 e. The lowest BCUT2D eigenvalue weighted by Gasteiger charge is -1.96. The average Bonchev–Trinajstić information content (AvgIpc) is 2.40. The van der Waals surface area contributed by atoms with Gasteiger partial charge >= 0.3 is 5.97 Å². The molecule has 0 bridgehead atoms. The lowest BCUT2D eigenvalue weighted by Crippen LogP contribution is -2.01. The minimum absolute atomic E-state index is 0.144. The Labute approximate surface area is 67.8 Å². The molecule has 0 aromatic rings. The molecule has 1 heterocycles. The molecule has 4 heteroatoms.